The van der Waals surface area contributed by atoms with Gasteiger partial charge in [-0.25, -0.2) is 0 Å². The quantitative estimate of drug-likeness (QED) is 0.171. The SMILES string of the molecule is Cc1noc(C)c1-c1ccc2c(c1)C(O)(c1ccsc1)C(=O)N2.Cc1noc(C)c1-c1ccc2c(c1)C(O)(c1ccsc1)C(=O)N2. The largest absolute Gasteiger partial charge is 0.372 e. The molecule has 0 aliphatic carbocycles. The topological polar surface area (TPSA) is 151 Å². The third kappa shape index (κ3) is 4.44. The number of aryl methyl sites for hydroxylation is 4. The predicted octanol–water partition coefficient (Wildman–Crippen LogP) is 6.42. The minimum absolute atomic E-state index is 0.429. The van der Waals surface area contributed by atoms with E-state index in [0.717, 1.165) is 33.6 Å². The van der Waals surface area contributed by atoms with Gasteiger partial charge in [0.1, 0.15) is 11.5 Å². The Morgan fingerprint density at radius 3 is 1.39 bits per heavy atom. The molecule has 2 aromatic carbocycles. The number of aromatic nitrogens is 2. The van der Waals surface area contributed by atoms with Crippen LogP contribution in [0, 0.1) is 27.7 Å². The fourth-order valence-electron chi connectivity index (χ4n) is 6.19. The van der Waals surface area contributed by atoms with Crippen LogP contribution in [0.2, 0.25) is 0 Å². The van der Waals surface area contributed by atoms with Gasteiger partial charge in [-0.15, -0.1) is 0 Å². The molecular formula is C34H28N4O6S2. The van der Waals surface area contributed by atoms with Gasteiger partial charge < -0.3 is 29.9 Å². The molecule has 12 heteroatoms. The number of benzene rings is 2. The highest BCUT2D eigenvalue weighted by Gasteiger charge is 2.48. The number of hydrogen-bond donors (Lipinski definition) is 4. The number of nitrogens with zero attached hydrogens (tertiary/aromatic N) is 2. The van der Waals surface area contributed by atoms with Gasteiger partial charge >= 0.3 is 0 Å². The lowest BCUT2D eigenvalue weighted by molar-refractivity contribution is -0.130. The summed E-state index contributed by atoms with van der Waals surface area (Å²) in [6.07, 6.45) is 0. The van der Waals surface area contributed by atoms with Crippen molar-refractivity contribution in [2.24, 2.45) is 0 Å². The van der Waals surface area contributed by atoms with Crippen LogP contribution in [-0.4, -0.2) is 32.3 Å². The van der Waals surface area contributed by atoms with Crippen molar-refractivity contribution in [1.82, 2.24) is 10.3 Å². The van der Waals surface area contributed by atoms with Crippen LogP contribution in [0.3, 0.4) is 0 Å². The van der Waals surface area contributed by atoms with Crippen molar-refractivity contribution in [2.45, 2.75) is 38.9 Å². The fourth-order valence-corrected chi connectivity index (χ4v) is 7.59. The van der Waals surface area contributed by atoms with Crippen molar-refractivity contribution in [3.63, 3.8) is 0 Å². The molecular weight excluding hydrogens is 625 g/mol. The van der Waals surface area contributed by atoms with E-state index in [0.29, 0.717) is 45.1 Å². The van der Waals surface area contributed by atoms with Crippen LogP contribution in [0.25, 0.3) is 22.3 Å². The van der Waals surface area contributed by atoms with Gasteiger partial charge in [0.2, 0.25) is 0 Å². The Balaban J connectivity index is 0.000000147. The number of rotatable bonds is 4. The molecule has 4 N–H and O–H groups in total. The average molecular weight is 653 g/mol. The molecule has 46 heavy (non-hydrogen) atoms. The van der Waals surface area contributed by atoms with E-state index in [-0.39, 0.29) is 0 Å². The van der Waals surface area contributed by atoms with Crippen LogP contribution < -0.4 is 10.6 Å². The fraction of sp³-hybridized carbons (Fsp3) is 0.176. The second-order valence-electron chi connectivity index (χ2n) is 11.3. The smallest absolute Gasteiger partial charge is 0.265 e. The van der Waals surface area contributed by atoms with Gasteiger partial charge in [-0.1, -0.05) is 22.4 Å². The van der Waals surface area contributed by atoms with Crippen LogP contribution in [0.1, 0.15) is 45.2 Å². The highest BCUT2D eigenvalue weighted by atomic mass is 32.1. The van der Waals surface area contributed by atoms with Crippen molar-refractivity contribution >= 4 is 45.9 Å². The Bertz CT molecular complexity index is 1940. The molecule has 4 aromatic heterocycles. The normalized spacial score (nSPS) is 19.7. The minimum Gasteiger partial charge on any atom is -0.372 e. The summed E-state index contributed by atoms with van der Waals surface area (Å²) in [5.41, 5.74) is 5.25. The van der Waals surface area contributed by atoms with Crippen molar-refractivity contribution in [3.05, 3.63) is 115 Å². The molecule has 2 aliphatic rings. The van der Waals surface area contributed by atoms with Crippen LogP contribution in [0.15, 0.2) is 79.1 Å². The van der Waals surface area contributed by atoms with Gasteiger partial charge in [-0.2, -0.15) is 22.7 Å². The van der Waals surface area contributed by atoms with Gasteiger partial charge in [0.25, 0.3) is 11.8 Å². The second kappa shape index (κ2) is 10.9. The Kier molecular flexibility index (Phi) is 7.05. The molecule has 2 amide bonds. The first-order valence-corrected chi connectivity index (χ1v) is 16.2. The number of amides is 2. The van der Waals surface area contributed by atoms with Gasteiger partial charge in [-0.3, -0.25) is 9.59 Å². The molecule has 0 saturated heterocycles. The molecule has 0 saturated carbocycles. The van der Waals surface area contributed by atoms with Gasteiger partial charge in [0, 0.05) is 44.8 Å². The summed E-state index contributed by atoms with van der Waals surface area (Å²) < 4.78 is 10.4. The Morgan fingerprint density at radius 2 is 1.07 bits per heavy atom. The van der Waals surface area contributed by atoms with Crippen LogP contribution in [0.4, 0.5) is 11.4 Å². The van der Waals surface area contributed by atoms with E-state index in [4.69, 9.17) is 9.05 Å². The number of carbonyl (C=O) groups is 2. The molecule has 232 valence electrons. The lowest BCUT2D eigenvalue weighted by atomic mass is 9.87. The highest BCUT2D eigenvalue weighted by Crippen LogP contribution is 2.45. The summed E-state index contributed by atoms with van der Waals surface area (Å²) in [5.74, 6) is 0.557. The first-order valence-electron chi connectivity index (χ1n) is 14.3. The summed E-state index contributed by atoms with van der Waals surface area (Å²) in [6, 6.07) is 14.6. The molecule has 2 unspecified atom stereocenters. The summed E-state index contributed by atoms with van der Waals surface area (Å²) in [5, 5.41) is 42.9. The summed E-state index contributed by atoms with van der Waals surface area (Å²) in [7, 11) is 0. The lowest BCUT2D eigenvalue weighted by Crippen LogP contribution is -2.34. The maximum absolute atomic E-state index is 12.4. The molecule has 0 radical (unpaired) electrons. The summed E-state index contributed by atoms with van der Waals surface area (Å²) >= 11 is 2.89. The summed E-state index contributed by atoms with van der Waals surface area (Å²) in [4.78, 5) is 24.8. The van der Waals surface area contributed by atoms with Crippen molar-refractivity contribution in [2.75, 3.05) is 10.6 Å². The van der Waals surface area contributed by atoms with E-state index in [9.17, 15) is 19.8 Å². The Morgan fingerprint density at radius 1 is 0.652 bits per heavy atom. The van der Waals surface area contributed by atoms with Crippen molar-refractivity contribution in [3.8, 4) is 22.3 Å². The van der Waals surface area contributed by atoms with Crippen molar-refractivity contribution in [1.29, 1.82) is 0 Å². The third-order valence-corrected chi connectivity index (χ3v) is 9.86. The molecule has 10 nitrogen and oxygen atoms in total. The van der Waals surface area contributed by atoms with Crippen LogP contribution >= 0.6 is 22.7 Å². The zero-order valence-corrected chi connectivity index (χ0v) is 26.8. The second-order valence-corrected chi connectivity index (χ2v) is 12.8. The number of nitrogens with one attached hydrogen (secondary N) is 2. The van der Waals surface area contributed by atoms with Crippen LogP contribution in [0.5, 0.6) is 0 Å². The first-order chi connectivity index (χ1) is 22.0. The number of hydrogen-bond acceptors (Lipinski definition) is 10. The molecule has 6 aromatic rings. The standard InChI is InChI=1S/2C17H14N2O3S/c2*1-9-15(10(2)22-19-9)11-3-4-14-13(7-11)17(21,16(20)18-14)12-5-6-23-8-12/h2*3-8,21H,1-2H3,(H,18,20). The lowest BCUT2D eigenvalue weighted by Gasteiger charge is -2.20. The molecule has 0 spiro atoms. The van der Waals surface area contributed by atoms with Crippen LogP contribution in [-0.2, 0) is 20.8 Å². The van der Waals surface area contributed by atoms with Gasteiger partial charge in [0.15, 0.2) is 11.2 Å². The van der Waals surface area contributed by atoms with E-state index in [1.165, 1.54) is 22.7 Å². The summed E-state index contributed by atoms with van der Waals surface area (Å²) in [6.45, 7) is 7.43. The first kappa shape index (κ1) is 29.8. The van der Waals surface area contributed by atoms with E-state index in [2.05, 4.69) is 20.9 Å². The number of fused-ring (bicyclic) bond motifs is 2. The number of carbonyl (C=O) groups excluding carboxylic acids is 2. The maximum Gasteiger partial charge on any atom is 0.265 e. The van der Waals surface area contributed by atoms with E-state index in [1.54, 1.807) is 35.0 Å². The average Bonchev–Trinajstić information content (AvgIpc) is 3.89. The number of aliphatic hydroxyl groups is 2. The van der Waals surface area contributed by atoms with Gasteiger partial charge in [0.05, 0.1) is 11.4 Å². The molecule has 8 rings (SSSR count). The molecule has 2 atom stereocenters. The minimum atomic E-state index is -1.66. The third-order valence-electron chi connectivity index (χ3n) is 8.49. The van der Waals surface area contributed by atoms with E-state index >= 15 is 0 Å². The predicted molar refractivity (Wildman–Crippen MR) is 175 cm³/mol. The molecule has 6 heterocycles. The van der Waals surface area contributed by atoms with Gasteiger partial charge in [-0.05, 0) is 96.7 Å². The number of thiophene rings is 2. The number of anilines is 2. The Hall–Kier alpha value is -4.88. The molecule has 0 fully saturated rings. The molecule has 2 aliphatic heterocycles. The van der Waals surface area contributed by atoms with E-state index < -0.39 is 23.0 Å². The monoisotopic (exact) mass is 652 g/mol. The zero-order chi connectivity index (χ0) is 32.4. The molecule has 0 bridgehead atoms. The zero-order valence-electron chi connectivity index (χ0n) is 25.2. The highest BCUT2D eigenvalue weighted by molar-refractivity contribution is 7.08. The van der Waals surface area contributed by atoms with Crippen molar-refractivity contribution < 1.29 is 28.8 Å². The Labute approximate surface area is 271 Å². The maximum atomic E-state index is 12.4. The van der Waals surface area contributed by atoms with E-state index in [1.807, 2.05) is 62.7 Å².